The lowest BCUT2D eigenvalue weighted by Gasteiger charge is -2.12. The monoisotopic (exact) mass is 292 g/mol. The van der Waals surface area contributed by atoms with Crippen LogP contribution >= 0.6 is 11.6 Å². The second-order valence-corrected chi connectivity index (χ2v) is 4.99. The van der Waals surface area contributed by atoms with Crippen molar-refractivity contribution in [1.82, 2.24) is 0 Å². The molecular weight excluding hydrogens is 279 g/mol. The molecule has 0 radical (unpaired) electrons. The molecule has 0 N–H and O–H groups in total. The predicted octanol–water partition coefficient (Wildman–Crippen LogP) is 4.26. The summed E-state index contributed by atoms with van der Waals surface area (Å²) in [6.45, 7) is 1.74. The van der Waals surface area contributed by atoms with Crippen LogP contribution in [0.4, 0.5) is 4.39 Å². The Morgan fingerprint density at radius 1 is 1.25 bits per heavy atom. The second kappa shape index (κ2) is 6.53. The van der Waals surface area contributed by atoms with Crippen LogP contribution in [0.15, 0.2) is 48.5 Å². The molecule has 0 amide bonds. The molecule has 0 aromatic heterocycles. The first-order valence-corrected chi connectivity index (χ1v) is 6.64. The smallest absolute Gasteiger partial charge is 0.314 e. The minimum atomic E-state index is -0.387. The van der Waals surface area contributed by atoms with Crippen molar-refractivity contribution < 1.29 is 13.9 Å². The van der Waals surface area contributed by atoms with Gasteiger partial charge < -0.3 is 4.74 Å². The maximum absolute atomic E-state index is 13.1. The third kappa shape index (κ3) is 3.81. The summed E-state index contributed by atoms with van der Waals surface area (Å²) in [5.41, 5.74) is 0.758. The number of rotatable bonds is 4. The van der Waals surface area contributed by atoms with E-state index >= 15 is 0 Å². The van der Waals surface area contributed by atoms with Crippen LogP contribution in [0.2, 0.25) is 5.02 Å². The number of hydrogen-bond donors (Lipinski definition) is 0. The van der Waals surface area contributed by atoms with E-state index in [2.05, 4.69) is 0 Å². The summed E-state index contributed by atoms with van der Waals surface area (Å²) in [6.07, 6.45) is 0.418. The van der Waals surface area contributed by atoms with Crippen molar-refractivity contribution >= 4 is 17.6 Å². The standard InChI is InChI=1S/C16H14ClFO2/c1-11(9-12-5-4-6-13(18)10-12)16(19)20-15-8-3-2-7-14(15)17/h2-8,10-11H,9H2,1H3. The Bertz CT molecular complexity index is 613. The molecule has 0 bridgehead atoms. The van der Waals surface area contributed by atoms with Crippen molar-refractivity contribution in [2.75, 3.05) is 0 Å². The topological polar surface area (TPSA) is 26.3 Å². The van der Waals surface area contributed by atoms with Crippen LogP contribution < -0.4 is 4.74 Å². The maximum atomic E-state index is 13.1. The Morgan fingerprint density at radius 3 is 2.70 bits per heavy atom. The number of benzene rings is 2. The molecule has 0 aliphatic rings. The largest absolute Gasteiger partial charge is 0.425 e. The van der Waals surface area contributed by atoms with Gasteiger partial charge in [0.15, 0.2) is 0 Å². The van der Waals surface area contributed by atoms with Crippen molar-refractivity contribution in [2.45, 2.75) is 13.3 Å². The normalized spacial score (nSPS) is 11.9. The first-order chi connectivity index (χ1) is 9.56. The lowest BCUT2D eigenvalue weighted by Crippen LogP contribution is -2.20. The van der Waals surface area contributed by atoms with E-state index in [9.17, 15) is 9.18 Å². The van der Waals surface area contributed by atoms with Crippen LogP contribution in [-0.4, -0.2) is 5.97 Å². The molecule has 2 aromatic rings. The molecule has 0 fully saturated rings. The van der Waals surface area contributed by atoms with E-state index in [-0.39, 0.29) is 17.7 Å². The third-order valence-electron chi connectivity index (χ3n) is 2.88. The Balaban J connectivity index is 2.01. The number of hydrogen-bond acceptors (Lipinski definition) is 2. The Kier molecular flexibility index (Phi) is 4.74. The van der Waals surface area contributed by atoms with Gasteiger partial charge in [-0.05, 0) is 36.2 Å². The van der Waals surface area contributed by atoms with Gasteiger partial charge in [-0.15, -0.1) is 0 Å². The number of carbonyl (C=O) groups excluding carboxylic acids is 1. The first kappa shape index (κ1) is 14.5. The van der Waals surface area contributed by atoms with Gasteiger partial charge in [-0.1, -0.05) is 42.8 Å². The zero-order valence-electron chi connectivity index (χ0n) is 11.0. The number of para-hydroxylation sites is 1. The number of halogens is 2. The zero-order chi connectivity index (χ0) is 14.5. The average molecular weight is 293 g/mol. The highest BCUT2D eigenvalue weighted by atomic mass is 35.5. The molecular formula is C16H14ClFO2. The summed E-state index contributed by atoms with van der Waals surface area (Å²) in [5, 5.41) is 0.388. The van der Waals surface area contributed by atoms with Crippen molar-refractivity contribution in [3.8, 4) is 5.75 Å². The van der Waals surface area contributed by atoms with Gasteiger partial charge in [-0.25, -0.2) is 4.39 Å². The lowest BCUT2D eigenvalue weighted by molar-refractivity contribution is -0.138. The SMILES string of the molecule is CC(Cc1cccc(F)c1)C(=O)Oc1ccccc1Cl. The van der Waals surface area contributed by atoms with Crippen LogP contribution in [0.1, 0.15) is 12.5 Å². The average Bonchev–Trinajstić information content (AvgIpc) is 2.41. The van der Waals surface area contributed by atoms with E-state index in [4.69, 9.17) is 16.3 Å². The molecule has 0 saturated heterocycles. The summed E-state index contributed by atoms with van der Waals surface area (Å²) in [4.78, 5) is 12.0. The van der Waals surface area contributed by atoms with Gasteiger partial charge in [0.25, 0.3) is 0 Å². The van der Waals surface area contributed by atoms with Gasteiger partial charge >= 0.3 is 5.97 Å². The van der Waals surface area contributed by atoms with E-state index in [1.165, 1.54) is 12.1 Å². The number of carbonyl (C=O) groups is 1. The van der Waals surface area contributed by atoms with Gasteiger partial charge in [-0.3, -0.25) is 4.79 Å². The molecule has 0 heterocycles. The van der Waals surface area contributed by atoms with Gasteiger partial charge in [0, 0.05) is 0 Å². The van der Waals surface area contributed by atoms with Crippen LogP contribution in [0.25, 0.3) is 0 Å². The van der Waals surface area contributed by atoms with E-state index in [0.717, 1.165) is 5.56 Å². The summed E-state index contributed by atoms with van der Waals surface area (Å²) in [7, 11) is 0. The van der Waals surface area contributed by atoms with Gasteiger partial charge in [-0.2, -0.15) is 0 Å². The van der Waals surface area contributed by atoms with Crippen molar-refractivity contribution in [3.05, 3.63) is 64.9 Å². The van der Waals surface area contributed by atoms with Gasteiger partial charge in [0.05, 0.1) is 10.9 Å². The fourth-order valence-electron chi connectivity index (χ4n) is 1.84. The molecule has 2 rings (SSSR count). The fraction of sp³-hybridized carbons (Fsp3) is 0.188. The van der Waals surface area contributed by atoms with E-state index in [1.54, 1.807) is 43.3 Å². The van der Waals surface area contributed by atoms with E-state index < -0.39 is 0 Å². The molecule has 1 atom stereocenters. The quantitative estimate of drug-likeness (QED) is 0.621. The Morgan fingerprint density at radius 2 is 2.00 bits per heavy atom. The zero-order valence-corrected chi connectivity index (χ0v) is 11.7. The number of ether oxygens (including phenoxy) is 1. The molecule has 0 saturated carbocycles. The molecule has 4 heteroatoms. The minimum Gasteiger partial charge on any atom is -0.425 e. The molecule has 20 heavy (non-hydrogen) atoms. The molecule has 104 valence electrons. The first-order valence-electron chi connectivity index (χ1n) is 6.27. The molecule has 1 unspecified atom stereocenters. The van der Waals surface area contributed by atoms with Crippen LogP contribution in [-0.2, 0) is 11.2 Å². The highest BCUT2D eigenvalue weighted by Gasteiger charge is 2.17. The molecule has 2 aromatic carbocycles. The summed E-state index contributed by atoms with van der Waals surface area (Å²) in [5.74, 6) is -0.741. The maximum Gasteiger partial charge on any atom is 0.314 e. The van der Waals surface area contributed by atoms with Crippen molar-refractivity contribution in [2.24, 2.45) is 5.92 Å². The fourth-order valence-corrected chi connectivity index (χ4v) is 2.01. The Hall–Kier alpha value is -1.87. The summed E-state index contributed by atoms with van der Waals surface area (Å²) in [6, 6.07) is 13.0. The molecule has 0 spiro atoms. The van der Waals surface area contributed by atoms with Crippen LogP contribution in [0.3, 0.4) is 0 Å². The van der Waals surface area contributed by atoms with Gasteiger partial charge in [0.2, 0.25) is 0 Å². The van der Waals surface area contributed by atoms with Crippen LogP contribution in [0, 0.1) is 11.7 Å². The van der Waals surface area contributed by atoms with E-state index in [1.807, 2.05) is 0 Å². The van der Waals surface area contributed by atoms with E-state index in [0.29, 0.717) is 17.2 Å². The molecule has 0 aliphatic heterocycles. The minimum absolute atomic E-state index is 0.311. The predicted molar refractivity (Wildman–Crippen MR) is 76.4 cm³/mol. The highest BCUT2D eigenvalue weighted by molar-refractivity contribution is 6.32. The lowest BCUT2D eigenvalue weighted by atomic mass is 10.0. The molecule has 2 nitrogen and oxygen atoms in total. The summed E-state index contributed by atoms with van der Waals surface area (Å²) < 4.78 is 18.3. The highest BCUT2D eigenvalue weighted by Crippen LogP contribution is 2.24. The third-order valence-corrected chi connectivity index (χ3v) is 3.19. The Labute approximate surface area is 122 Å². The van der Waals surface area contributed by atoms with Gasteiger partial charge in [0.1, 0.15) is 11.6 Å². The molecule has 0 aliphatic carbocycles. The number of esters is 1. The van der Waals surface area contributed by atoms with Crippen LogP contribution in [0.5, 0.6) is 5.75 Å². The summed E-state index contributed by atoms with van der Waals surface area (Å²) >= 11 is 5.93. The second-order valence-electron chi connectivity index (χ2n) is 4.59. The van der Waals surface area contributed by atoms with Crippen molar-refractivity contribution in [1.29, 1.82) is 0 Å². The van der Waals surface area contributed by atoms with Crippen molar-refractivity contribution in [3.63, 3.8) is 0 Å².